The van der Waals surface area contributed by atoms with E-state index in [1.807, 2.05) is 0 Å². The van der Waals surface area contributed by atoms with Gasteiger partial charge in [0.15, 0.2) is 0 Å². The van der Waals surface area contributed by atoms with E-state index in [2.05, 4.69) is 10.3 Å². The van der Waals surface area contributed by atoms with Crippen molar-refractivity contribution in [2.75, 3.05) is 12.4 Å². The van der Waals surface area contributed by atoms with Crippen molar-refractivity contribution in [1.82, 2.24) is 4.98 Å². The average molecular weight is 338 g/mol. The monoisotopic (exact) mass is 338 g/mol. The molecule has 0 aliphatic heterocycles. The Morgan fingerprint density at radius 1 is 1.12 bits per heavy atom. The number of nitrogens with one attached hydrogen (secondary N) is 1. The summed E-state index contributed by atoms with van der Waals surface area (Å²) in [4.78, 5) is 15.8. The van der Waals surface area contributed by atoms with Gasteiger partial charge in [-0.05, 0) is 47.5 Å². The molecule has 0 bridgehead atoms. The van der Waals surface area contributed by atoms with Crippen molar-refractivity contribution in [3.8, 4) is 16.9 Å². The average Bonchev–Trinajstić information content (AvgIpc) is 2.63. The molecule has 2 N–H and O–H groups in total. The van der Waals surface area contributed by atoms with Gasteiger partial charge in [0.2, 0.25) is 0 Å². The largest absolute Gasteiger partial charge is 0.508 e. The molecule has 0 saturated heterocycles. The smallest absolute Gasteiger partial charge is 0.341 e. The van der Waals surface area contributed by atoms with E-state index in [4.69, 9.17) is 4.74 Å². The number of methoxy groups -OCH3 is 1. The predicted octanol–water partition coefficient (Wildman–Crippen LogP) is 4.12. The van der Waals surface area contributed by atoms with E-state index in [0.717, 1.165) is 0 Å². The van der Waals surface area contributed by atoms with E-state index in [0.29, 0.717) is 11.1 Å². The number of halogens is 1. The van der Waals surface area contributed by atoms with E-state index in [9.17, 15) is 14.3 Å². The fraction of sp³-hybridized carbons (Fsp3) is 0.0526. The van der Waals surface area contributed by atoms with Crippen LogP contribution in [0.2, 0.25) is 0 Å². The van der Waals surface area contributed by atoms with Crippen molar-refractivity contribution in [1.29, 1.82) is 0 Å². The molecule has 1 aromatic heterocycles. The molecule has 126 valence electrons. The van der Waals surface area contributed by atoms with Gasteiger partial charge in [0.1, 0.15) is 22.9 Å². The molecule has 6 heteroatoms. The van der Waals surface area contributed by atoms with Crippen molar-refractivity contribution in [2.45, 2.75) is 0 Å². The van der Waals surface area contributed by atoms with Crippen LogP contribution in [0.25, 0.3) is 11.1 Å². The highest BCUT2D eigenvalue weighted by atomic mass is 19.1. The maximum absolute atomic E-state index is 14.5. The quantitative estimate of drug-likeness (QED) is 0.700. The molecule has 0 saturated carbocycles. The normalized spacial score (nSPS) is 10.3. The molecule has 3 rings (SSSR count). The Morgan fingerprint density at radius 3 is 2.64 bits per heavy atom. The standard InChI is InChI=1S/C19H15FN2O3/c1-25-19(24)15-6-3-9-21-18(15)22-17-8-7-13(11-16(17)20)12-4-2-5-14(23)10-12/h2-11,23H,1H3,(H,21,22). The summed E-state index contributed by atoms with van der Waals surface area (Å²) in [5.74, 6) is -0.760. The van der Waals surface area contributed by atoms with Crippen LogP contribution in [0.15, 0.2) is 60.8 Å². The Bertz CT molecular complexity index is 928. The minimum atomic E-state index is -0.563. The number of aromatic nitrogens is 1. The van der Waals surface area contributed by atoms with Crippen LogP contribution in [-0.2, 0) is 4.74 Å². The first kappa shape index (κ1) is 16.4. The third-order valence-corrected chi connectivity index (χ3v) is 3.61. The van der Waals surface area contributed by atoms with Gasteiger partial charge >= 0.3 is 5.97 Å². The SMILES string of the molecule is COC(=O)c1cccnc1Nc1ccc(-c2cccc(O)c2)cc1F. The minimum absolute atomic E-state index is 0.108. The Hall–Kier alpha value is -3.41. The Kier molecular flexibility index (Phi) is 4.61. The molecule has 0 aliphatic rings. The van der Waals surface area contributed by atoms with Crippen LogP contribution in [-0.4, -0.2) is 23.2 Å². The summed E-state index contributed by atoms with van der Waals surface area (Å²) in [6.07, 6.45) is 1.49. The fourth-order valence-corrected chi connectivity index (χ4v) is 2.39. The maximum atomic E-state index is 14.5. The van der Waals surface area contributed by atoms with Gasteiger partial charge < -0.3 is 15.2 Å². The van der Waals surface area contributed by atoms with E-state index >= 15 is 0 Å². The van der Waals surface area contributed by atoms with Gasteiger partial charge in [0.05, 0.1) is 12.8 Å². The van der Waals surface area contributed by atoms with Gasteiger partial charge in [0, 0.05) is 6.20 Å². The zero-order chi connectivity index (χ0) is 17.8. The van der Waals surface area contributed by atoms with E-state index in [-0.39, 0.29) is 22.8 Å². The molecule has 0 amide bonds. The predicted molar refractivity (Wildman–Crippen MR) is 92.4 cm³/mol. The number of ether oxygens (including phenoxy) is 1. The highest BCUT2D eigenvalue weighted by molar-refractivity contribution is 5.95. The molecule has 5 nitrogen and oxygen atoms in total. The molecule has 0 atom stereocenters. The Balaban J connectivity index is 1.92. The zero-order valence-electron chi connectivity index (χ0n) is 13.4. The number of hydrogen-bond acceptors (Lipinski definition) is 5. The summed E-state index contributed by atoms with van der Waals surface area (Å²) in [7, 11) is 1.27. The van der Waals surface area contributed by atoms with Crippen molar-refractivity contribution in [2.24, 2.45) is 0 Å². The third-order valence-electron chi connectivity index (χ3n) is 3.61. The van der Waals surface area contributed by atoms with Gasteiger partial charge in [-0.25, -0.2) is 14.2 Å². The summed E-state index contributed by atoms with van der Waals surface area (Å²) < 4.78 is 19.2. The third kappa shape index (κ3) is 3.58. The molecule has 25 heavy (non-hydrogen) atoms. The molecule has 0 radical (unpaired) electrons. The second kappa shape index (κ2) is 7.00. The van der Waals surface area contributed by atoms with E-state index in [1.54, 1.807) is 48.5 Å². The molecule has 3 aromatic rings. The number of phenolic OH excluding ortho intramolecular Hbond substituents is 1. The molecule has 0 fully saturated rings. The van der Waals surface area contributed by atoms with Crippen molar-refractivity contribution in [3.63, 3.8) is 0 Å². The van der Waals surface area contributed by atoms with Crippen LogP contribution in [0, 0.1) is 5.82 Å². The summed E-state index contributed by atoms with van der Waals surface area (Å²) in [5.41, 5.74) is 1.70. The van der Waals surface area contributed by atoms with Crippen LogP contribution in [0.4, 0.5) is 15.9 Å². The minimum Gasteiger partial charge on any atom is -0.508 e. The van der Waals surface area contributed by atoms with Crippen LogP contribution >= 0.6 is 0 Å². The lowest BCUT2D eigenvalue weighted by atomic mass is 10.0. The summed E-state index contributed by atoms with van der Waals surface area (Å²) in [6.45, 7) is 0. The summed E-state index contributed by atoms with van der Waals surface area (Å²) in [5, 5.41) is 12.4. The number of benzene rings is 2. The first-order chi connectivity index (χ1) is 12.1. The van der Waals surface area contributed by atoms with Gasteiger partial charge in [-0.2, -0.15) is 0 Å². The highest BCUT2D eigenvalue weighted by Crippen LogP contribution is 2.28. The maximum Gasteiger partial charge on any atom is 0.341 e. The van der Waals surface area contributed by atoms with Crippen LogP contribution in [0.3, 0.4) is 0 Å². The number of phenols is 1. The molecule has 0 aliphatic carbocycles. The number of aromatic hydroxyl groups is 1. The van der Waals surface area contributed by atoms with Gasteiger partial charge in [-0.3, -0.25) is 0 Å². The number of nitrogens with zero attached hydrogens (tertiary/aromatic N) is 1. The summed E-state index contributed by atoms with van der Waals surface area (Å²) in [6, 6.07) is 14.3. The Labute approximate surface area is 143 Å². The number of hydrogen-bond donors (Lipinski definition) is 2. The van der Waals surface area contributed by atoms with Crippen molar-refractivity contribution < 1.29 is 19.0 Å². The number of carbonyl (C=O) groups excluding carboxylic acids is 1. The number of carbonyl (C=O) groups is 1. The van der Waals surface area contributed by atoms with E-state index in [1.165, 1.54) is 19.4 Å². The molecule has 2 aromatic carbocycles. The van der Waals surface area contributed by atoms with E-state index < -0.39 is 11.8 Å². The molecule has 1 heterocycles. The second-order valence-electron chi connectivity index (χ2n) is 5.26. The first-order valence-electron chi connectivity index (χ1n) is 7.48. The number of anilines is 2. The van der Waals surface area contributed by atoms with Crippen molar-refractivity contribution >= 4 is 17.5 Å². The molecular weight excluding hydrogens is 323 g/mol. The van der Waals surface area contributed by atoms with Gasteiger partial charge in [-0.15, -0.1) is 0 Å². The number of pyridine rings is 1. The number of esters is 1. The number of rotatable bonds is 4. The van der Waals surface area contributed by atoms with Crippen LogP contribution in [0.1, 0.15) is 10.4 Å². The molecular formula is C19H15FN2O3. The lowest BCUT2D eigenvalue weighted by molar-refractivity contribution is 0.0601. The topological polar surface area (TPSA) is 71.5 Å². The second-order valence-corrected chi connectivity index (χ2v) is 5.26. The lowest BCUT2D eigenvalue weighted by Gasteiger charge is -2.11. The highest BCUT2D eigenvalue weighted by Gasteiger charge is 2.14. The van der Waals surface area contributed by atoms with Gasteiger partial charge in [-0.1, -0.05) is 18.2 Å². The fourth-order valence-electron chi connectivity index (χ4n) is 2.39. The first-order valence-corrected chi connectivity index (χ1v) is 7.48. The van der Waals surface area contributed by atoms with Crippen LogP contribution < -0.4 is 5.32 Å². The van der Waals surface area contributed by atoms with Gasteiger partial charge in [0.25, 0.3) is 0 Å². The lowest BCUT2D eigenvalue weighted by Crippen LogP contribution is -2.07. The summed E-state index contributed by atoms with van der Waals surface area (Å²) >= 11 is 0. The Morgan fingerprint density at radius 2 is 1.92 bits per heavy atom. The zero-order valence-corrected chi connectivity index (χ0v) is 13.4. The molecule has 0 unspecified atom stereocenters. The van der Waals surface area contributed by atoms with Crippen molar-refractivity contribution in [3.05, 3.63) is 72.2 Å². The van der Waals surface area contributed by atoms with Crippen LogP contribution in [0.5, 0.6) is 5.75 Å². The molecule has 0 spiro atoms.